The summed E-state index contributed by atoms with van der Waals surface area (Å²) in [4.78, 5) is 0. The first-order valence-electron chi connectivity index (χ1n) is 4.43. The Morgan fingerprint density at radius 2 is 1.86 bits per heavy atom. The van der Waals surface area contributed by atoms with Gasteiger partial charge in [-0.15, -0.1) is 0 Å². The van der Waals surface area contributed by atoms with Gasteiger partial charge in [-0.2, -0.15) is 8.42 Å². The SMILES string of the molecule is CCCCC(=N)OCC.CS(=O)(=O)O. The quantitative estimate of drug-likeness (QED) is 0.433. The van der Waals surface area contributed by atoms with Crippen LogP contribution in [0.5, 0.6) is 0 Å². The molecule has 86 valence electrons. The van der Waals surface area contributed by atoms with Crippen LogP contribution in [0.15, 0.2) is 0 Å². The van der Waals surface area contributed by atoms with Gasteiger partial charge in [0.1, 0.15) is 0 Å². The first-order chi connectivity index (χ1) is 6.31. The maximum absolute atomic E-state index is 9.19. The minimum Gasteiger partial charge on any atom is -0.481 e. The van der Waals surface area contributed by atoms with Gasteiger partial charge in [-0.05, 0) is 13.3 Å². The highest BCUT2D eigenvalue weighted by molar-refractivity contribution is 7.85. The van der Waals surface area contributed by atoms with Crippen molar-refractivity contribution in [3.8, 4) is 0 Å². The molecule has 2 N–H and O–H groups in total. The van der Waals surface area contributed by atoms with Gasteiger partial charge in [0.25, 0.3) is 10.1 Å². The Morgan fingerprint density at radius 3 is 2.14 bits per heavy atom. The van der Waals surface area contributed by atoms with Crippen LogP contribution < -0.4 is 0 Å². The van der Waals surface area contributed by atoms with Gasteiger partial charge in [-0.25, -0.2) is 0 Å². The minimum atomic E-state index is -3.67. The Labute approximate surface area is 85.7 Å². The van der Waals surface area contributed by atoms with Crippen LogP contribution in [0.3, 0.4) is 0 Å². The number of ether oxygens (including phenoxy) is 1. The van der Waals surface area contributed by atoms with Crippen LogP contribution in [0, 0.1) is 5.41 Å². The highest BCUT2D eigenvalue weighted by Gasteiger charge is 1.92. The van der Waals surface area contributed by atoms with Crippen molar-refractivity contribution in [3.63, 3.8) is 0 Å². The van der Waals surface area contributed by atoms with E-state index in [0.717, 1.165) is 19.3 Å². The normalized spacial score (nSPS) is 10.0. The maximum Gasteiger partial charge on any atom is 0.261 e. The number of nitrogens with one attached hydrogen (secondary N) is 1. The van der Waals surface area contributed by atoms with Crippen molar-refractivity contribution in [2.24, 2.45) is 0 Å². The molecule has 0 radical (unpaired) electrons. The second-order valence-electron chi connectivity index (χ2n) is 2.69. The summed E-state index contributed by atoms with van der Waals surface area (Å²) in [5.41, 5.74) is 0. The molecule has 0 heterocycles. The first kappa shape index (κ1) is 15.8. The highest BCUT2D eigenvalue weighted by atomic mass is 32.2. The Balaban J connectivity index is 0. The molecule has 6 heteroatoms. The lowest BCUT2D eigenvalue weighted by molar-refractivity contribution is 0.313. The van der Waals surface area contributed by atoms with Crippen molar-refractivity contribution in [2.45, 2.75) is 33.1 Å². The van der Waals surface area contributed by atoms with Crippen molar-refractivity contribution >= 4 is 16.0 Å². The maximum atomic E-state index is 9.19. The lowest BCUT2D eigenvalue weighted by Crippen LogP contribution is -2.01. The van der Waals surface area contributed by atoms with Crippen molar-refractivity contribution in [1.29, 1.82) is 5.41 Å². The molecule has 0 atom stereocenters. The van der Waals surface area contributed by atoms with Crippen LogP contribution in [-0.4, -0.2) is 31.7 Å². The number of hydrogen-bond acceptors (Lipinski definition) is 4. The molecule has 14 heavy (non-hydrogen) atoms. The molecule has 0 spiro atoms. The summed E-state index contributed by atoms with van der Waals surface area (Å²) in [6.45, 7) is 4.64. The zero-order valence-corrected chi connectivity index (χ0v) is 9.73. The smallest absolute Gasteiger partial charge is 0.261 e. The van der Waals surface area contributed by atoms with E-state index in [2.05, 4.69) is 6.92 Å². The molecular weight excluding hydrogens is 206 g/mol. The van der Waals surface area contributed by atoms with Crippen molar-refractivity contribution in [1.82, 2.24) is 0 Å². The second-order valence-corrected chi connectivity index (χ2v) is 4.16. The zero-order valence-electron chi connectivity index (χ0n) is 8.91. The van der Waals surface area contributed by atoms with Gasteiger partial charge in [0, 0.05) is 6.42 Å². The number of unbranched alkanes of at least 4 members (excludes halogenated alkanes) is 1. The molecule has 0 aromatic carbocycles. The van der Waals surface area contributed by atoms with E-state index >= 15 is 0 Å². The fraction of sp³-hybridized carbons (Fsp3) is 0.875. The Morgan fingerprint density at radius 1 is 1.43 bits per heavy atom. The van der Waals surface area contributed by atoms with Crippen LogP contribution in [0.2, 0.25) is 0 Å². The minimum absolute atomic E-state index is 0.430. The summed E-state index contributed by atoms with van der Waals surface area (Å²) in [5, 5.41) is 7.17. The Bertz CT molecular complexity index is 228. The predicted molar refractivity (Wildman–Crippen MR) is 56.4 cm³/mol. The first-order valence-corrected chi connectivity index (χ1v) is 6.28. The van der Waals surface area contributed by atoms with Gasteiger partial charge in [-0.3, -0.25) is 9.96 Å². The molecule has 0 saturated carbocycles. The second kappa shape index (κ2) is 8.96. The van der Waals surface area contributed by atoms with Gasteiger partial charge in [0.05, 0.1) is 12.9 Å². The molecule has 0 aliphatic heterocycles. The molecule has 0 fully saturated rings. The molecule has 0 aromatic heterocycles. The predicted octanol–water partition coefficient (Wildman–Crippen LogP) is 1.69. The van der Waals surface area contributed by atoms with Gasteiger partial charge >= 0.3 is 0 Å². The molecule has 0 rings (SSSR count). The number of rotatable bonds is 4. The van der Waals surface area contributed by atoms with E-state index in [0.29, 0.717) is 18.8 Å². The van der Waals surface area contributed by atoms with Gasteiger partial charge in [-0.1, -0.05) is 13.3 Å². The zero-order chi connectivity index (χ0) is 11.6. The van der Waals surface area contributed by atoms with E-state index in [-0.39, 0.29) is 0 Å². The Kier molecular flexibility index (Phi) is 10.1. The summed E-state index contributed by atoms with van der Waals surface area (Å²) in [5.74, 6) is 0.430. The van der Waals surface area contributed by atoms with E-state index in [1.165, 1.54) is 0 Å². The van der Waals surface area contributed by atoms with Crippen LogP contribution in [-0.2, 0) is 14.9 Å². The number of hydrogen-bond donors (Lipinski definition) is 2. The van der Waals surface area contributed by atoms with E-state index in [9.17, 15) is 8.42 Å². The summed E-state index contributed by atoms with van der Waals surface area (Å²) in [6, 6.07) is 0. The molecule has 0 amide bonds. The molecule has 0 aliphatic carbocycles. The van der Waals surface area contributed by atoms with E-state index in [4.69, 9.17) is 14.7 Å². The Hall–Kier alpha value is -0.620. The molecule has 0 aromatic rings. The van der Waals surface area contributed by atoms with E-state index in [1.54, 1.807) is 0 Å². The lowest BCUT2D eigenvalue weighted by Gasteiger charge is -2.01. The fourth-order valence-electron chi connectivity index (χ4n) is 0.584. The molecule has 0 unspecified atom stereocenters. The lowest BCUT2D eigenvalue weighted by atomic mass is 10.2. The fourth-order valence-corrected chi connectivity index (χ4v) is 0.584. The van der Waals surface area contributed by atoms with Gasteiger partial charge < -0.3 is 4.74 Å². The molecule has 0 aliphatic rings. The van der Waals surface area contributed by atoms with E-state index in [1.807, 2.05) is 6.92 Å². The third-order valence-electron chi connectivity index (χ3n) is 1.08. The van der Waals surface area contributed by atoms with Crippen molar-refractivity contribution in [2.75, 3.05) is 12.9 Å². The van der Waals surface area contributed by atoms with Crippen molar-refractivity contribution < 1.29 is 17.7 Å². The summed E-state index contributed by atoms with van der Waals surface area (Å²) < 4.78 is 30.8. The molecule has 0 bridgehead atoms. The molecular formula is C8H19NO4S. The molecule has 5 nitrogen and oxygen atoms in total. The van der Waals surface area contributed by atoms with Crippen LogP contribution in [0.1, 0.15) is 33.1 Å². The van der Waals surface area contributed by atoms with Crippen LogP contribution >= 0.6 is 0 Å². The van der Waals surface area contributed by atoms with Gasteiger partial charge in [0.15, 0.2) is 5.90 Å². The van der Waals surface area contributed by atoms with Crippen molar-refractivity contribution in [3.05, 3.63) is 0 Å². The summed E-state index contributed by atoms with van der Waals surface area (Å²) >= 11 is 0. The third kappa shape index (κ3) is 30.1. The molecule has 0 saturated heterocycles. The monoisotopic (exact) mass is 225 g/mol. The van der Waals surface area contributed by atoms with Crippen LogP contribution in [0.4, 0.5) is 0 Å². The van der Waals surface area contributed by atoms with E-state index < -0.39 is 10.1 Å². The van der Waals surface area contributed by atoms with Gasteiger partial charge in [0.2, 0.25) is 0 Å². The highest BCUT2D eigenvalue weighted by Crippen LogP contribution is 1.95. The third-order valence-corrected chi connectivity index (χ3v) is 1.08. The topological polar surface area (TPSA) is 87.5 Å². The average molecular weight is 225 g/mol. The summed E-state index contributed by atoms with van der Waals surface area (Å²) in [6.07, 6.45) is 3.71. The largest absolute Gasteiger partial charge is 0.481 e. The van der Waals surface area contributed by atoms with Crippen LogP contribution in [0.25, 0.3) is 0 Å². The average Bonchev–Trinajstić information content (AvgIpc) is 1.98. The standard InChI is InChI=1S/C7H15NO.CH4O3S/c1-3-5-6-7(8)9-4-2;1-5(2,3)4/h8H,3-6H2,1-2H3;1H3,(H,2,3,4). The summed E-state index contributed by atoms with van der Waals surface area (Å²) in [7, 11) is -3.67.